The lowest BCUT2D eigenvalue weighted by Gasteiger charge is -2.06. The van der Waals surface area contributed by atoms with Gasteiger partial charge in [0.05, 0.1) is 12.2 Å². The van der Waals surface area contributed by atoms with Crippen LogP contribution in [-0.2, 0) is 0 Å². The second-order valence-corrected chi connectivity index (χ2v) is 2.58. The molecule has 5 heteroatoms. The second kappa shape index (κ2) is 3.25. The van der Waals surface area contributed by atoms with Gasteiger partial charge >= 0.3 is 0 Å². The Morgan fingerprint density at radius 3 is 2.83 bits per heavy atom. The van der Waals surface area contributed by atoms with Crippen molar-refractivity contribution in [1.82, 2.24) is 9.97 Å². The first kappa shape index (κ1) is 8.58. The highest BCUT2D eigenvalue weighted by Gasteiger charge is 2.01. The lowest BCUT2D eigenvalue weighted by atomic mass is 10.5. The van der Waals surface area contributed by atoms with E-state index in [4.69, 9.17) is 9.84 Å². The average Bonchev–Trinajstić information content (AvgIpc) is 1.81. The van der Waals surface area contributed by atoms with E-state index in [0.29, 0.717) is 0 Å². The molecule has 0 aromatic carbocycles. The number of rotatable bonds is 2. The number of hydrogen-bond donors (Lipinski definition) is 2. The number of hydrogen-bond acceptors (Lipinski definition) is 4. The van der Waals surface area contributed by atoms with Crippen molar-refractivity contribution in [3.8, 4) is 11.9 Å². The van der Waals surface area contributed by atoms with E-state index in [1.165, 1.54) is 0 Å². The van der Waals surface area contributed by atoms with Crippen molar-refractivity contribution in [2.45, 2.75) is 20.0 Å². The van der Waals surface area contributed by atoms with Gasteiger partial charge in [-0.25, -0.2) is 0 Å². The molecule has 5 nitrogen and oxygen atoms in total. The van der Waals surface area contributed by atoms with Gasteiger partial charge in [0.1, 0.15) is 0 Å². The Labute approximate surface area is 69.0 Å². The van der Waals surface area contributed by atoms with E-state index in [-0.39, 0.29) is 18.0 Å². The first-order valence-corrected chi connectivity index (χ1v) is 3.55. The van der Waals surface area contributed by atoms with Crippen LogP contribution in [0.3, 0.4) is 0 Å². The van der Waals surface area contributed by atoms with Crippen LogP contribution in [0.5, 0.6) is 11.9 Å². The summed E-state index contributed by atoms with van der Waals surface area (Å²) < 4.78 is 5.05. The molecule has 0 atom stereocenters. The Balaban J connectivity index is 2.93. The van der Waals surface area contributed by atoms with E-state index in [1.807, 2.05) is 0 Å². The maximum atomic E-state index is 10.8. The van der Waals surface area contributed by atoms with E-state index >= 15 is 0 Å². The number of H-pyrrole nitrogens is 1. The van der Waals surface area contributed by atoms with Crippen LogP contribution in [0.25, 0.3) is 0 Å². The highest BCUT2D eigenvalue weighted by molar-refractivity contribution is 5.09. The molecular weight excluding hydrogens is 160 g/mol. The fourth-order valence-corrected chi connectivity index (χ4v) is 0.702. The van der Waals surface area contributed by atoms with Crippen molar-refractivity contribution in [2.75, 3.05) is 0 Å². The van der Waals surface area contributed by atoms with Crippen LogP contribution in [0.1, 0.15) is 13.8 Å². The van der Waals surface area contributed by atoms with Crippen LogP contribution in [0.2, 0.25) is 0 Å². The Bertz CT molecular complexity index is 319. The first-order chi connectivity index (χ1) is 5.58. The van der Waals surface area contributed by atoms with Crippen LogP contribution in [0.4, 0.5) is 0 Å². The largest absolute Gasteiger partial charge is 0.493 e. The maximum Gasteiger partial charge on any atom is 0.300 e. The summed E-state index contributed by atoms with van der Waals surface area (Å²) in [5.41, 5.74) is -0.432. The first-order valence-electron chi connectivity index (χ1n) is 3.55. The molecule has 0 aliphatic heterocycles. The van der Waals surface area contributed by atoms with Crippen LogP contribution in [0, 0.1) is 0 Å². The van der Waals surface area contributed by atoms with Crippen molar-refractivity contribution in [2.24, 2.45) is 0 Å². The number of aromatic amines is 1. The van der Waals surface area contributed by atoms with Gasteiger partial charge in [0.15, 0.2) is 0 Å². The number of ether oxygens (including phenoxy) is 1. The Hall–Kier alpha value is -1.52. The van der Waals surface area contributed by atoms with E-state index in [1.54, 1.807) is 13.8 Å². The van der Waals surface area contributed by atoms with Crippen molar-refractivity contribution in [3.05, 3.63) is 16.4 Å². The normalized spacial score (nSPS) is 10.2. The summed E-state index contributed by atoms with van der Waals surface area (Å²) in [6, 6.07) is 1.02. The summed E-state index contributed by atoms with van der Waals surface area (Å²) in [7, 11) is 0. The fourth-order valence-electron chi connectivity index (χ4n) is 0.702. The molecule has 2 N–H and O–H groups in total. The van der Waals surface area contributed by atoms with E-state index in [2.05, 4.69) is 9.97 Å². The van der Waals surface area contributed by atoms with Gasteiger partial charge in [0, 0.05) is 0 Å². The van der Waals surface area contributed by atoms with Crippen LogP contribution in [-0.4, -0.2) is 21.2 Å². The molecule has 0 saturated heterocycles. The third kappa shape index (κ3) is 2.26. The fraction of sp³-hybridized carbons (Fsp3) is 0.429. The molecule has 1 aromatic rings. The van der Waals surface area contributed by atoms with Gasteiger partial charge in [-0.05, 0) is 13.8 Å². The summed E-state index contributed by atoms with van der Waals surface area (Å²) in [5.74, 6) is -0.339. The standard InChI is InChI=1S/C7H10N2O3/c1-4(2)12-7-8-5(10)3-6(11)9-7/h3-4H,1-2H3,(H2,8,9,10,11). The predicted molar refractivity (Wildman–Crippen MR) is 42.3 cm³/mol. The quantitative estimate of drug-likeness (QED) is 0.667. The molecule has 0 aliphatic rings. The molecule has 1 heterocycles. The zero-order chi connectivity index (χ0) is 9.14. The monoisotopic (exact) mass is 170 g/mol. The molecule has 0 saturated carbocycles. The molecule has 1 rings (SSSR count). The number of nitrogens with one attached hydrogen (secondary N) is 1. The van der Waals surface area contributed by atoms with Crippen molar-refractivity contribution >= 4 is 0 Å². The topological polar surface area (TPSA) is 75.2 Å². The molecule has 0 spiro atoms. The minimum atomic E-state index is -0.432. The lowest BCUT2D eigenvalue weighted by Crippen LogP contribution is -2.13. The molecular formula is C7H10N2O3. The lowest BCUT2D eigenvalue weighted by molar-refractivity contribution is 0.218. The van der Waals surface area contributed by atoms with Crippen LogP contribution >= 0.6 is 0 Å². The third-order valence-electron chi connectivity index (χ3n) is 1.05. The summed E-state index contributed by atoms with van der Waals surface area (Å²) >= 11 is 0. The molecule has 0 bridgehead atoms. The highest BCUT2D eigenvalue weighted by atomic mass is 16.5. The summed E-state index contributed by atoms with van der Waals surface area (Å²) in [6.07, 6.45) is -0.0880. The highest BCUT2D eigenvalue weighted by Crippen LogP contribution is 2.05. The zero-order valence-corrected chi connectivity index (χ0v) is 6.87. The molecule has 66 valence electrons. The second-order valence-electron chi connectivity index (χ2n) is 2.58. The molecule has 12 heavy (non-hydrogen) atoms. The summed E-state index contributed by atoms with van der Waals surface area (Å²) in [4.78, 5) is 16.6. The molecule has 0 radical (unpaired) electrons. The van der Waals surface area contributed by atoms with Crippen molar-refractivity contribution < 1.29 is 9.84 Å². The Morgan fingerprint density at radius 1 is 1.67 bits per heavy atom. The molecule has 0 unspecified atom stereocenters. The summed E-state index contributed by atoms with van der Waals surface area (Å²) in [5, 5.41) is 8.90. The Morgan fingerprint density at radius 2 is 2.33 bits per heavy atom. The van der Waals surface area contributed by atoms with Gasteiger partial charge in [0.25, 0.3) is 11.6 Å². The average molecular weight is 170 g/mol. The SMILES string of the molecule is CC(C)Oc1nc(O)cc(=O)[nH]1. The van der Waals surface area contributed by atoms with Gasteiger partial charge in [-0.3, -0.25) is 9.78 Å². The number of aromatic nitrogens is 2. The summed E-state index contributed by atoms with van der Waals surface area (Å²) in [6.45, 7) is 3.59. The van der Waals surface area contributed by atoms with Crippen LogP contribution < -0.4 is 10.3 Å². The number of aromatic hydroxyl groups is 1. The van der Waals surface area contributed by atoms with Crippen molar-refractivity contribution in [1.29, 1.82) is 0 Å². The molecule has 0 fully saturated rings. The Kier molecular flexibility index (Phi) is 2.32. The van der Waals surface area contributed by atoms with E-state index in [0.717, 1.165) is 6.07 Å². The van der Waals surface area contributed by atoms with E-state index in [9.17, 15) is 4.79 Å². The van der Waals surface area contributed by atoms with Crippen LogP contribution in [0.15, 0.2) is 10.9 Å². The predicted octanol–water partition coefficient (Wildman–Crippen LogP) is 0.263. The number of nitrogens with zero attached hydrogens (tertiary/aromatic N) is 1. The zero-order valence-electron chi connectivity index (χ0n) is 6.87. The van der Waals surface area contributed by atoms with Gasteiger partial charge in [0.2, 0.25) is 5.88 Å². The third-order valence-corrected chi connectivity index (χ3v) is 1.05. The molecule has 0 aliphatic carbocycles. The van der Waals surface area contributed by atoms with Gasteiger partial charge in [-0.1, -0.05) is 0 Å². The van der Waals surface area contributed by atoms with E-state index < -0.39 is 5.56 Å². The van der Waals surface area contributed by atoms with Crippen molar-refractivity contribution in [3.63, 3.8) is 0 Å². The minimum absolute atomic E-state index is 0.0370. The molecule has 1 aromatic heterocycles. The maximum absolute atomic E-state index is 10.8. The van der Waals surface area contributed by atoms with Gasteiger partial charge in [-0.2, -0.15) is 4.98 Å². The minimum Gasteiger partial charge on any atom is -0.493 e. The van der Waals surface area contributed by atoms with Gasteiger partial charge < -0.3 is 9.84 Å². The smallest absolute Gasteiger partial charge is 0.300 e. The molecule has 0 amide bonds. The van der Waals surface area contributed by atoms with Gasteiger partial charge in [-0.15, -0.1) is 0 Å².